The van der Waals surface area contributed by atoms with Crippen molar-refractivity contribution in [2.24, 2.45) is 4.99 Å². The van der Waals surface area contributed by atoms with Crippen molar-refractivity contribution in [3.8, 4) is 11.4 Å². The number of benzene rings is 4. The zero-order chi connectivity index (χ0) is 28.5. The number of aromatic amines is 1. The fourth-order valence-electron chi connectivity index (χ4n) is 5.33. The molecule has 206 valence electrons. The molecule has 1 aliphatic heterocycles. The van der Waals surface area contributed by atoms with Gasteiger partial charge in [0.1, 0.15) is 5.75 Å². The van der Waals surface area contributed by atoms with Crippen LogP contribution in [-0.2, 0) is 11.2 Å². The molecule has 0 spiro atoms. The summed E-state index contributed by atoms with van der Waals surface area (Å²) >= 11 is 1.41. The number of carbonyl (C=O) groups is 1. The van der Waals surface area contributed by atoms with Gasteiger partial charge >= 0.3 is 0 Å². The van der Waals surface area contributed by atoms with Gasteiger partial charge in [0, 0.05) is 41.2 Å². The quantitative estimate of drug-likeness (QED) is 0.199. The maximum absolute atomic E-state index is 13.9. The minimum Gasteiger partial charge on any atom is -0.497 e. The van der Waals surface area contributed by atoms with Gasteiger partial charge in [0.25, 0.3) is 5.91 Å². The molecular weight excluding hydrogens is 540 g/mol. The van der Waals surface area contributed by atoms with E-state index in [0.29, 0.717) is 23.0 Å². The summed E-state index contributed by atoms with van der Waals surface area (Å²) in [7, 11) is 1.64. The first-order valence-electron chi connectivity index (χ1n) is 13.8. The molecule has 1 fully saturated rings. The number of hydrogen-bond acceptors (Lipinski definition) is 4. The van der Waals surface area contributed by atoms with Crippen LogP contribution in [-0.4, -0.2) is 39.2 Å². The SMILES string of the molecule is COc1ccc(N=C2S/C(=C\c3cccn3-c3ccc4ccccc4c3)C(=O)N2CCc2c[nH]c3ccccc23)cc1. The smallest absolute Gasteiger partial charge is 0.266 e. The Hall–Kier alpha value is -5.01. The lowest BCUT2D eigenvalue weighted by molar-refractivity contribution is -0.122. The van der Waals surface area contributed by atoms with Crippen LogP contribution in [0.3, 0.4) is 0 Å². The van der Waals surface area contributed by atoms with Crippen LogP contribution >= 0.6 is 11.8 Å². The Labute approximate surface area is 248 Å². The third-order valence-electron chi connectivity index (χ3n) is 7.54. The van der Waals surface area contributed by atoms with Gasteiger partial charge in [-0.2, -0.15) is 0 Å². The number of carbonyl (C=O) groups excluding carboxylic acids is 1. The molecule has 1 amide bonds. The van der Waals surface area contributed by atoms with Gasteiger partial charge in [0.05, 0.1) is 17.7 Å². The maximum Gasteiger partial charge on any atom is 0.266 e. The second kappa shape index (κ2) is 11.1. The van der Waals surface area contributed by atoms with Gasteiger partial charge in [-0.3, -0.25) is 9.69 Å². The number of hydrogen-bond donors (Lipinski definition) is 1. The lowest BCUT2D eigenvalue weighted by Crippen LogP contribution is -2.31. The monoisotopic (exact) mass is 568 g/mol. The molecule has 0 saturated carbocycles. The van der Waals surface area contributed by atoms with Gasteiger partial charge in [-0.25, -0.2) is 4.99 Å². The summed E-state index contributed by atoms with van der Waals surface area (Å²) in [6.07, 6.45) is 6.74. The largest absolute Gasteiger partial charge is 0.497 e. The third-order valence-corrected chi connectivity index (χ3v) is 8.54. The van der Waals surface area contributed by atoms with E-state index in [2.05, 4.69) is 52.0 Å². The van der Waals surface area contributed by atoms with Gasteiger partial charge in [-0.15, -0.1) is 0 Å². The highest BCUT2D eigenvalue weighted by atomic mass is 32.2. The van der Waals surface area contributed by atoms with Gasteiger partial charge in [0.2, 0.25) is 0 Å². The Balaban J connectivity index is 1.22. The van der Waals surface area contributed by atoms with Crippen LogP contribution in [0.5, 0.6) is 5.75 Å². The van der Waals surface area contributed by atoms with E-state index in [-0.39, 0.29) is 5.91 Å². The first-order valence-corrected chi connectivity index (χ1v) is 14.6. The number of amides is 1. The number of H-pyrrole nitrogens is 1. The van der Waals surface area contributed by atoms with Gasteiger partial charge in [-0.05, 0) is 95.2 Å². The molecular formula is C35H28N4O2S. The molecule has 2 aromatic heterocycles. The molecule has 7 rings (SSSR count). The number of nitrogens with zero attached hydrogens (tertiary/aromatic N) is 3. The fourth-order valence-corrected chi connectivity index (χ4v) is 6.34. The summed E-state index contributed by atoms with van der Waals surface area (Å²) in [6.45, 7) is 0.520. The van der Waals surface area contributed by atoms with E-state index in [1.807, 2.05) is 79.1 Å². The number of aromatic nitrogens is 2. The van der Waals surface area contributed by atoms with E-state index in [1.165, 1.54) is 33.5 Å². The predicted molar refractivity (Wildman–Crippen MR) is 173 cm³/mol. The fraction of sp³-hybridized carbons (Fsp3) is 0.0857. The molecule has 3 heterocycles. The lowest BCUT2D eigenvalue weighted by Gasteiger charge is -2.15. The van der Waals surface area contributed by atoms with Crippen LogP contribution in [0.2, 0.25) is 0 Å². The Morgan fingerprint density at radius 1 is 0.905 bits per heavy atom. The second-order valence-corrected chi connectivity index (χ2v) is 11.1. The zero-order valence-electron chi connectivity index (χ0n) is 23.0. The Kier molecular flexibility index (Phi) is 6.85. The van der Waals surface area contributed by atoms with E-state index in [0.717, 1.165) is 28.3 Å². The van der Waals surface area contributed by atoms with E-state index in [4.69, 9.17) is 9.73 Å². The van der Waals surface area contributed by atoms with Gasteiger partial charge in [0.15, 0.2) is 5.17 Å². The Bertz CT molecular complexity index is 1980. The van der Waals surface area contributed by atoms with E-state index < -0.39 is 0 Å². The summed E-state index contributed by atoms with van der Waals surface area (Å²) in [4.78, 5) is 24.6. The molecule has 6 aromatic rings. The average Bonchev–Trinajstić information content (AvgIpc) is 3.74. The molecule has 0 radical (unpaired) electrons. The van der Waals surface area contributed by atoms with Crippen LogP contribution in [0.1, 0.15) is 11.3 Å². The number of amidine groups is 1. The molecule has 0 bridgehead atoms. The van der Waals surface area contributed by atoms with E-state index in [1.54, 1.807) is 12.0 Å². The normalized spacial score (nSPS) is 15.5. The number of fused-ring (bicyclic) bond motifs is 2. The van der Waals surface area contributed by atoms with Crippen LogP contribution < -0.4 is 4.74 Å². The molecule has 0 aliphatic carbocycles. The molecule has 1 aliphatic rings. The summed E-state index contributed by atoms with van der Waals surface area (Å²) in [5, 5.41) is 4.21. The molecule has 0 unspecified atom stereocenters. The maximum atomic E-state index is 13.9. The summed E-state index contributed by atoms with van der Waals surface area (Å²) < 4.78 is 7.42. The van der Waals surface area contributed by atoms with E-state index in [9.17, 15) is 4.79 Å². The van der Waals surface area contributed by atoms with Crippen molar-refractivity contribution < 1.29 is 9.53 Å². The first-order chi connectivity index (χ1) is 20.7. The molecule has 1 saturated heterocycles. The van der Waals surface area contributed by atoms with Crippen LogP contribution in [0, 0.1) is 0 Å². The number of thioether (sulfide) groups is 1. The highest BCUT2D eigenvalue weighted by Crippen LogP contribution is 2.35. The van der Waals surface area contributed by atoms with Crippen LogP contribution in [0.4, 0.5) is 5.69 Å². The average molecular weight is 569 g/mol. The van der Waals surface area contributed by atoms with Crippen molar-refractivity contribution in [2.45, 2.75) is 6.42 Å². The van der Waals surface area contributed by atoms with Crippen molar-refractivity contribution in [3.05, 3.63) is 132 Å². The van der Waals surface area contributed by atoms with Crippen molar-refractivity contribution in [2.75, 3.05) is 13.7 Å². The van der Waals surface area contributed by atoms with Gasteiger partial charge in [-0.1, -0.05) is 48.5 Å². The van der Waals surface area contributed by atoms with Crippen molar-refractivity contribution in [3.63, 3.8) is 0 Å². The van der Waals surface area contributed by atoms with Crippen molar-refractivity contribution in [1.29, 1.82) is 0 Å². The first kappa shape index (κ1) is 25.9. The predicted octanol–water partition coefficient (Wildman–Crippen LogP) is 7.97. The molecule has 1 N–H and O–H groups in total. The number of methoxy groups -OCH3 is 1. The van der Waals surface area contributed by atoms with E-state index >= 15 is 0 Å². The lowest BCUT2D eigenvalue weighted by atomic mass is 10.1. The highest BCUT2D eigenvalue weighted by Gasteiger charge is 2.33. The topological polar surface area (TPSA) is 62.6 Å². The summed E-state index contributed by atoms with van der Waals surface area (Å²) in [6, 6.07) is 34.6. The Morgan fingerprint density at radius 2 is 1.71 bits per heavy atom. The number of aliphatic imine (C=N–C) groups is 1. The van der Waals surface area contributed by atoms with Crippen molar-refractivity contribution in [1.82, 2.24) is 14.5 Å². The molecule has 42 heavy (non-hydrogen) atoms. The van der Waals surface area contributed by atoms with Crippen molar-refractivity contribution >= 4 is 56.3 Å². The Morgan fingerprint density at radius 3 is 2.57 bits per heavy atom. The minimum absolute atomic E-state index is 0.0432. The third kappa shape index (κ3) is 4.99. The molecule has 6 nitrogen and oxygen atoms in total. The second-order valence-electron chi connectivity index (χ2n) is 10.1. The molecule has 4 aromatic carbocycles. The minimum atomic E-state index is -0.0432. The summed E-state index contributed by atoms with van der Waals surface area (Å²) in [5.41, 5.74) is 5.02. The standard InChI is InChI=1S/C35H28N4O2S/c1-41-30-16-13-27(14-17-30)37-35-39(20-18-26-23-36-32-11-5-4-10-31(26)32)34(40)33(42-35)22-28-9-6-19-38(28)29-15-12-24-7-2-3-8-25(24)21-29/h2-17,19,21-23,36H,18,20H2,1H3/b33-22-,37-35?. The number of para-hydroxylation sites is 1. The molecule has 0 atom stereocenters. The summed E-state index contributed by atoms with van der Waals surface area (Å²) in [5.74, 6) is 0.721. The number of ether oxygens (including phenoxy) is 1. The van der Waals surface area contributed by atoms with Gasteiger partial charge < -0.3 is 14.3 Å². The zero-order valence-corrected chi connectivity index (χ0v) is 23.8. The highest BCUT2D eigenvalue weighted by molar-refractivity contribution is 8.18. The van der Waals surface area contributed by atoms with Crippen LogP contribution in [0.15, 0.2) is 125 Å². The molecule has 7 heteroatoms. The number of rotatable bonds is 7. The van der Waals surface area contributed by atoms with Crippen LogP contribution in [0.25, 0.3) is 33.4 Å². The number of nitrogens with one attached hydrogen (secondary N) is 1.